The smallest absolute Gasteiger partial charge is 0.421 e. The molecule has 0 fully saturated rings. The van der Waals surface area contributed by atoms with E-state index < -0.39 is 11.7 Å². The van der Waals surface area contributed by atoms with Gasteiger partial charge in [-0.2, -0.15) is 13.2 Å². The van der Waals surface area contributed by atoms with Crippen molar-refractivity contribution in [3.05, 3.63) is 23.5 Å². The molecule has 1 aromatic rings. The molecule has 0 aromatic carbocycles. The van der Waals surface area contributed by atoms with E-state index in [0.717, 1.165) is 0 Å². The summed E-state index contributed by atoms with van der Waals surface area (Å²) >= 11 is 0. The molecular formula is C9H10F3NO. The largest absolute Gasteiger partial charge is 0.493 e. The van der Waals surface area contributed by atoms with Crippen molar-refractivity contribution in [2.75, 3.05) is 6.61 Å². The summed E-state index contributed by atoms with van der Waals surface area (Å²) in [6, 6.07) is 1.22. The number of halogens is 3. The molecule has 0 aliphatic carbocycles. The number of alkyl halides is 3. The quantitative estimate of drug-likeness (QED) is 0.740. The van der Waals surface area contributed by atoms with Crippen LogP contribution in [0.3, 0.4) is 0 Å². The van der Waals surface area contributed by atoms with Gasteiger partial charge in [0.05, 0.1) is 12.3 Å². The molecule has 14 heavy (non-hydrogen) atoms. The lowest BCUT2D eigenvalue weighted by atomic mass is 10.2. The third-order valence-electron chi connectivity index (χ3n) is 1.69. The topological polar surface area (TPSA) is 22.1 Å². The minimum Gasteiger partial charge on any atom is -0.493 e. The maximum Gasteiger partial charge on any atom is 0.421 e. The van der Waals surface area contributed by atoms with Gasteiger partial charge in [0.25, 0.3) is 0 Å². The molecule has 0 radical (unpaired) electrons. The van der Waals surface area contributed by atoms with Crippen LogP contribution < -0.4 is 4.74 Å². The Morgan fingerprint density at radius 1 is 1.43 bits per heavy atom. The lowest BCUT2D eigenvalue weighted by Crippen LogP contribution is -2.11. The van der Waals surface area contributed by atoms with Crippen LogP contribution >= 0.6 is 0 Å². The summed E-state index contributed by atoms with van der Waals surface area (Å²) in [7, 11) is 0. The molecule has 0 unspecified atom stereocenters. The van der Waals surface area contributed by atoms with E-state index >= 15 is 0 Å². The molecule has 2 nitrogen and oxygen atoms in total. The Morgan fingerprint density at radius 3 is 2.57 bits per heavy atom. The average Bonchev–Trinajstić information content (AvgIpc) is 2.02. The Balaban J connectivity index is 3.22. The highest BCUT2D eigenvalue weighted by Crippen LogP contribution is 2.37. The van der Waals surface area contributed by atoms with Gasteiger partial charge < -0.3 is 4.74 Å². The van der Waals surface area contributed by atoms with Crippen LogP contribution in [0.1, 0.15) is 18.2 Å². The Labute approximate surface area is 79.7 Å². The van der Waals surface area contributed by atoms with Crippen LogP contribution in [0.2, 0.25) is 0 Å². The molecule has 0 bridgehead atoms. The molecule has 0 saturated carbocycles. The Hall–Kier alpha value is -1.26. The Bertz CT molecular complexity index is 322. The van der Waals surface area contributed by atoms with Crippen LogP contribution in [-0.2, 0) is 6.18 Å². The van der Waals surface area contributed by atoms with Crippen LogP contribution in [0.5, 0.6) is 5.75 Å². The first kappa shape index (κ1) is 10.8. The second-order valence-electron chi connectivity index (χ2n) is 2.70. The van der Waals surface area contributed by atoms with E-state index in [-0.39, 0.29) is 18.1 Å². The number of aromatic nitrogens is 1. The molecule has 0 amide bonds. The zero-order chi connectivity index (χ0) is 10.8. The Kier molecular flexibility index (Phi) is 2.98. The highest BCUT2D eigenvalue weighted by atomic mass is 19.4. The fraction of sp³-hybridized carbons (Fsp3) is 0.444. The zero-order valence-corrected chi connectivity index (χ0v) is 7.85. The zero-order valence-electron chi connectivity index (χ0n) is 7.85. The maximum absolute atomic E-state index is 12.5. The van der Waals surface area contributed by atoms with Gasteiger partial charge in [-0.05, 0) is 19.9 Å². The van der Waals surface area contributed by atoms with Crippen LogP contribution in [-0.4, -0.2) is 11.6 Å². The second kappa shape index (κ2) is 3.86. The van der Waals surface area contributed by atoms with Crippen molar-refractivity contribution in [2.24, 2.45) is 0 Å². The minimum absolute atomic E-state index is 0.0662. The fourth-order valence-electron chi connectivity index (χ4n) is 1.16. The first-order valence-corrected chi connectivity index (χ1v) is 4.12. The van der Waals surface area contributed by atoms with Gasteiger partial charge in [-0.15, -0.1) is 0 Å². The SMILES string of the molecule is CCOc1ccnc(C)c1C(F)(F)F. The van der Waals surface area contributed by atoms with Crippen molar-refractivity contribution in [3.8, 4) is 5.75 Å². The van der Waals surface area contributed by atoms with Crippen LogP contribution in [0.15, 0.2) is 12.3 Å². The minimum atomic E-state index is -4.41. The summed E-state index contributed by atoms with van der Waals surface area (Å²) in [6.45, 7) is 3.15. The first-order valence-electron chi connectivity index (χ1n) is 4.12. The number of ether oxygens (including phenoxy) is 1. The summed E-state index contributed by atoms with van der Waals surface area (Å²) in [4.78, 5) is 3.59. The Morgan fingerprint density at radius 2 is 2.07 bits per heavy atom. The van der Waals surface area contributed by atoms with Gasteiger partial charge in [-0.25, -0.2) is 0 Å². The van der Waals surface area contributed by atoms with Gasteiger partial charge in [0, 0.05) is 6.20 Å². The molecule has 0 spiro atoms. The van der Waals surface area contributed by atoms with Gasteiger partial charge in [0.15, 0.2) is 0 Å². The average molecular weight is 205 g/mol. The molecule has 0 aliphatic rings. The van der Waals surface area contributed by atoms with Gasteiger partial charge in [0.2, 0.25) is 0 Å². The number of hydrogen-bond acceptors (Lipinski definition) is 2. The molecule has 0 saturated heterocycles. The first-order chi connectivity index (χ1) is 6.46. The van der Waals surface area contributed by atoms with Gasteiger partial charge in [-0.1, -0.05) is 0 Å². The molecule has 0 aliphatic heterocycles. The van der Waals surface area contributed by atoms with E-state index in [4.69, 9.17) is 4.74 Å². The summed E-state index contributed by atoms with van der Waals surface area (Å²) in [6.07, 6.45) is -3.11. The molecule has 78 valence electrons. The fourth-order valence-corrected chi connectivity index (χ4v) is 1.16. The highest BCUT2D eigenvalue weighted by molar-refractivity contribution is 5.37. The maximum atomic E-state index is 12.5. The van der Waals surface area contributed by atoms with Crippen molar-refractivity contribution in [2.45, 2.75) is 20.0 Å². The normalized spacial score (nSPS) is 11.5. The number of aryl methyl sites for hydroxylation is 1. The van der Waals surface area contributed by atoms with Crippen molar-refractivity contribution in [1.29, 1.82) is 0 Å². The van der Waals surface area contributed by atoms with Crippen molar-refractivity contribution >= 4 is 0 Å². The predicted octanol–water partition coefficient (Wildman–Crippen LogP) is 2.81. The van der Waals surface area contributed by atoms with E-state index in [9.17, 15) is 13.2 Å². The third-order valence-corrected chi connectivity index (χ3v) is 1.69. The van der Waals surface area contributed by atoms with Gasteiger partial charge >= 0.3 is 6.18 Å². The number of pyridine rings is 1. The molecule has 0 atom stereocenters. The van der Waals surface area contributed by atoms with E-state index in [0.29, 0.717) is 0 Å². The number of nitrogens with zero attached hydrogens (tertiary/aromatic N) is 1. The van der Waals surface area contributed by atoms with Crippen LogP contribution in [0, 0.1) is 6.92 Å². The summed E-state index contributed by atoms with van der Waals surface area (Å²) in [5, 5.41) is 0. The highest BCUT2D eigenvalue weighted by Gasteiger charge is 2.36. The summed E-state index contributed by atoms with van der Waals surface area (Å²) < 4.78 is 42.4. The molecule has 1 rings (SSSR count). The van der Waals surface area contributed by atoms with Crippen molar-refractivity contribution < 1.29 is 17.9 Å². The van der Waals surface area contributed by atoms with Gasteiger partial charge in [-0.3, -0.25) is 4.98 Å². The predicted molar refractivity (Wildman–Crippen MR) is 45.1 cm³/mol. The molecular weight excluding hydrogens is 195 g/mol. The van der Waals surface area contributed by atoms with E-state index in [1.54, 1.807) is 6.92 Å². The number of hydrogen-bond donors (Lipinski definition) is 0. The summed E-state index contributed by atoms with van der Waals surface area (Å²) in [5.74, 6) is -0.160. The molecule has 5 heteroatoms. The molecule has 0 N–H and O–H groups in total. The molecule has 1 aromatic heterocycles. The third kappa shape index (κ3) is 2.16. The second-order valence-corrected chi connectivity index (χ2v) is 2.70. The van der Waals surface area contributed by atoms with Crippen LogP contribution in [0.25, 0.3) is 0 Å². The lowest BCUT2D eigenvalue weighted by molar-refractivity contribution is -0.139. The van der Waals surface area contributed by atoms with Crippen molar-refractivity contribution in [1.82, 2.24) is 4.98 Å². The van der Waals surface area contributed by atoms with E-state index in [2.05, 4.69) is 4.98 Å². The standard InChI is InChI=1S/C9H10F3NO/c1-3-14-7-4-5-13-6(2)8(7)9(10,11)12/h4-5H,3H2,1-2H3. The summed E-state index contributed by atoms with van der Waals surface area (Å²) in [5.41, 5.74) is -0.856. The van der Waals surface area contributed by atoms with Crippen molar-refractivity contribution in [3.63, 3.8) is 0 Å². The van der Waals surface area contributed by atoms with E-state index in [1.165, 1.54) is 19.2 Å². The number of rotatable bonds is 2. The monoisotopic (exact) mass is 205 g/mol. The van der Waals surface area contributed by atoms with E-state index in [1.807, 2.05) is 0 Å². The van der Waals surface area contributed by atoms with Gasteiger partial charge in [0.1, 0.15) is 11.3 Å². The lowest BCUT2D eigenvalue weighted by Gasteiger charge is -2.14. The molecule has 1 heterocycles. The van der Waals surface area contributed by atoms with Crippen LogP contribution in [0.4, 0.5) is 13.2 Å².